The minimum atomic E-state index is -1.52. The first kappa shape index (κ1) is 89.4. The third-order valence-corrected chi connectivity index (χ3v) is 32.2. The summed E-state index contributed by atoms with van der Waals surface area (Å²) in [6.07, 6.45) is 0. The molecule has 0 aliphatic carbocycles. The normalized spacial score (nSPS) is 12.1. The van der Waals surface area contributed by atoms with Crippen LogP contribution < -0.4 is 10.4 Å². The molecule has 0 saturated heterocycles. The predicted molar refractivity (Wildman–Crippen MR) is 597 cm³/mol. The van der Waals surface area contributed by atoms with E-state index in [1.54, 1.807) is 0 Å². The van der Waals surface area contributed by atoms with Crippen molar-refractivity contribution in [1.82, 2.24) is 0 Å². The van der Waals surface area contributed by atoms with Gasteiger partial charge in [0.05, 0.1) is 16.1 Å². The molecule has 0 fully saturated rings. The van der Waals surface area contributed by atoms with Crippen LogP contribution in [0.2, 0.25) is 39.3 Å². The second kappa shape index (κ2) is 35.6. The van der Waals surface area contributed by atoms with E-state index < -0.39 is 16.1 Å². The fourth-order valence-electron chi connectivity index (χ4n) is 20.6. The van der Waals surface area contributed by atoms with Crippen molar-refractivity contribution in [3.63, 3.8) is 0 Å². The summed E-state index contributed by atoms with van der Waals surface area (Å²) >= 11 is 0. The summed E-state index contributed by atoms with van der Waals surface area (Å²) in [6, 6.07) is 147. The van der Waals surface area contributed by atoms with Gasteiger partial charge >= 0.3 is 0 Å². The Morgan fingerprint density at radius 3 is 0.843 bits per heavy atom. The van der Waals surface area contributed by atoms with Gasteiger partial charge in [-0.3, -0.25) is 0 Å². The van der Waals surface area contributed by atoms with Crippen molar-refractivity contribution in [3.05, 3.63) is 433 Å². The number of aryl methyl sites for hydroxylation is 4. The molecule has 22 aromatic carbocycles. The van der Waals surface area contributed by atoms with Gasteiger partial charge in [0.1, 0.15) is 0 Å². The maximum atomic E-state index is 2.52. The third-order valence-electron chi connectivity index (χ3n) is 28.1. The first-order valence-electron chi connectivity index (χ1n) is 48.0. The largest absolute Gasteiger partial charge is 0.0776 e. The van der Waals surface area contributed by atoms with E-state index in [1.807, 2.05) is 0 Å². The molecule has 0 aromatic heterocycles. The van der Waals surface area contributed by atoms with Crippen LogP contribution >= 0.6 is 0 Å². The van der Waals surface area contributed by atoms with Crippen LogP contribution in [0.15, 0.2) is 394 Å². The topological polar surface area (TPSA) is 0 Å². The van der Waals surface area contributed by atoms with Crippen LogP contribution in [0, 0.1) is 27.7 Å². The maximum absolute atomic E-state index is 2.52. The first-order chi connectivity index (χ1) is 64.3. The Morgan fingerprint density at radius 1 is 0.164 bits per heavy atom. The summed E-state index contributed by atoms with van der Waals surface area (Å²) in [6.45, 7) is 44.2. The zero-order valence-corrected chi connectivity index (χ0v) is 83.5. The molecule has 134 heavy (non-hydrogen) atoms. The monoisotopic (exact) mass is 1760 g/mol. The molecule has 22 rings (SSSR count). The highest BCUT2D eigenvalue weighted by Crippen LogP contribution is 2.51. The molecule has 0 nitrogen and oxygen atoms in total. The van der Waals surface area contributed by atoms with Crippen molar-refractivity contribution < 1.29 is 0 Å². The van der Waals surface area contributed by atoms with E-state index in [0.717, 1.165) is 0 Å². The van der Waals surface area contributed by atoms with E-state index in [0.29, 0.717) is 0 Å². The van der Waals surface area contributed by atoms with Crippen molar-refractivity contribution in [3.8, 4) is 77.9 Å². The van der Waals surface area contributed by atoms with Gasteiger partial charge in [0, 0.05) is 0 Å². The standard InChI is InChI=1S/C40H32.C38H36.C36H36Si2.C18H18/c1-40(2,3)33-23-24-36-37(26-33)38(30-20-17-29(18-21-30)27-11-5-4-6-12-27)34-15-9-10-16-35(34)39(36)32-22-19-28-13-7-8-14-31(28)25-32;2*1-37(2,3)27-20-22-32-33(23-27)35(26-14-8-7-9-15-26)31-21-19-28(38(4,5)6)24-34(31)36(32)30-18-12-16-25-13-10-11-17-29(25)30;1-11-5-7-15-14(4)18-10-12(2)6-8-16(18)13(3)17(15)9-11/h4-26H,1-3H3;2*7-24H,1-6H3;5-10H,1-4H3. The van der Waals surface area contributed by atoms with Gasteiger partial charge in [-0.05, 0) is 292 Å². The van der Waals surface area contributed by atoms with Crippen molar-refractivity contribution in [1.29, 1.82) is 0 Å². The number of benzene rings is 22. The quantitative estimate of drug-likeness (QED) is 0.0998. The number of fused-ring (bicyclic) bond motifs is 11. The molecule has 2 heteroatoms. The lowest BCUT2D eigenvalue weighted by Crippen LogP contribution is -2.37. The van der Waals surface area contributed by atoms with Crippen LogP contribution in [0.3, 0.4) is 0 Å². The van der Waals surface area contributed by atoms with E-state index in [1.165, 1.54) is 246 Å². The average molecular weight is 1760 g/mol. The van der Waals surface area contributed by atoms with Gasteiger partial charge in [0.15, 0.2) is 0 Å². The van der Waals surface area contributed by atoms with Gasteiger partial charge in [0.2, 0.25) is 0 Å². The molecule has 0 bridgehead atoms. The van der Waals surface area contributed by atoms with Gasteiger partial charge in [-0.1, -0.05) is 493 Å². The number of hydrogen-bond donors (Lipinski definition) is 0. The number of rotatable bonds is 9. The highest BCUT2D eigenvalue weighted by atomic mass is 28.3. The molecule has 0 heterocycles. The Bertz CT molecular complexity index is 7950. The van der Waals surface area contributed by atoms with Crippen LogP contribution in [0.4, 0.5) is 0 Å². The molecular formula is C132H122Si2. The summed E-state index contributed by atoms with van der Waals surface area (Å²) < 4.78 is 0. The summed E-state index contributed by atoms with van der Waals surface area (Å²) in [5.41, 5.74) is 27.9. The molecule has 0 atom stereocenters. The minimum Gasteiger partial charge on any atom is -0.0656 e. The molecule has 0 aliphatic rings. The van der Waals surface area contributed by atoms with E-state index >= 15 is 0 Å². The zero-order chi connectivity index (χ0) is 93.4. The second-order valence-corrected chi connectivity index (χ2v) is 52.6. The fraction of sp³-hybridized carbons (Fsp3) is 0.167. The maximum Gasteiger partial charge on any atom is 0.0776 e. The van der Waals surface area contributed by atoms with E-state index in [-0.39, 0.29) is 16.2 Å². The lowest BCUT2D eigenvalue weighted by Gasteiger charge is -2.25. The Hall–Kier alpha value is -13.9. The van der Waals surface area contributed by atoms with Crippen molar-refractivity contribution in [2.24, 2.45) is 0 Å². The fourth-order valence-corrected chi connectivity index (χ4v) is 22.9. The predicted octanol–water partition coefficient (Wildman–Crippen LogP) is 37.3. The molecule has 0 aliphatic heterocycles. The van der Waals surface area contributed by atoms with Crippen molar-refractivity contribution in [2.75, 3.05) is 0 Å². The van der Waals surface area contributed by atoms with Crippen molar-refractivity contribution >= 4 is 145 Å². The smallest absolute Gasteiger partial charge is 0.0656 e. The zero-order valence-electron chi connectivity index (χ0n) is 81.5. The van der Waals surface area contributed by atoms with Gasteiger partial charge in [-0.15, -0.1) is 0 Å². The molecule has 0 saturated carbocycles. The van der Waals surface area contributed by atoms with Crippen LogP contribution in [0.5, 0.6) is 0 Å². The Balaban J connectivity index is 0.000000118. The summed E-state index contributed by atoms with van der Waals surface area (Å²) in [5, 5.41) is 32.2. The number of hydrogen-bond acceptors (Lipinski definition) is 0. The third kappa shape index (κ3) is 17.3. The van der Waals surface area contributed by atoms with Gasteiger partial charge in [-0.2, -0.15) is 0 Å². The van der Waals surface area contributed by atoms with Crippen LogP contribution in [-0.2, 0) is 16.2 Å². The van der Waals surface area contributed by atoms with Gasteiger partial charge < -0.3 is 0 Å². The Labute approximate surface area is 795 Å². The van der Waals surface area contributed by atoms with E-state index in [2.05, 4.69) is 524 Å². The molecule has 0 radical (unpaired) electrons. The molecule has 658 valence electrons. The van der Waals surface area contributed by atoms with Crippen LogP contribution in [0.1, 0.15) is 101 Å². The molecule has 0 spiro atoms. The van der Waals surface area contributed by atoms with Gasteiger partial charge in [-0.25, -0.2) is 0 Å². The second-order valence-electron chi connectivity index (χ2n) is 42.5. The Kier molecular flexibility index (Phi) is 23.7. The molecule has 0 unspecified atom stereocenters. The average Bonchev–Trinajstić information content (AvgIpc) is 0.733. The first-order valence-corrected chi connectivity index (χ1v) is 55.0. The summed E-state index contributed by atoms with van der Waals surface area (Å²) in [4.78, 5) is 0. The molecule has 0 amide bonds. The molecular weight excluding hydrogens is 1640 g/mol. The lowest BCUT2D eigenvalue weighted by atomic mass is 9.79. The van der Waals surface area contributed by atoms with E-state index in [9.17, 15) is 0 Å². The Morgan fingerprint density at radius 2 is 0.440 bits per heavy atom. The minimum absolute atomic E-state index is 0.0530. The summed E-state index contributed by atoms with van der Waals surface area (Å²) in [5.74, 6) is 0. The highest BCUT2D eigenvalue weighted by Gasteiger charge is 2.29. The van der Waals surface area contributed by atoms with Crippen LogP contribution in [0.25, 0.3) is 196 Å². The molecule has 22 aromatic rings. The van der Waals surface area contributed by atoms with Gasteiger partial charge in [0.25, 0.3) is 0 Å². The molecule has 0 N–H and O–H groups in total. The van der Waals surface area contributed by atoms with E-state index in [4.69, 9.17) is 0 Å². The summed E-state index contributed by atoms with van der Waals surface area (Å²) in [7, 11) is -3.03. The van der Waals surface area contributed by atoms with Crippen molar-refractivity contribution in [2.45, 2.75) is 146 Å². The van der Waals surface area contributed by atoms with Crippen LogP contribution in [-0.4, -0.2) is 16.1 Å². The SMILES string of the molecule is CC(C)(C)c1ccc2c(-c3ccc4ccccc4c3)c3ccccc3c(-c3ccc(-c4ccccc4)cc3)c2c1.CC(C)(C)c1ccc2c(-c3cccc4ccccc34)c3cc(C(C)(C)C)ccc3c(-c3ccccc3)c2c1.C[Si](C)(C)c1ccc2c(-c3cccc4ccccc34)c3cc([Si](C)(C)C)ccc3c(-c3ccccc3)c2c1.Cc1ccc2c(C)c3cc(C)ccc3c(C)c2c1. The lowest BCUT2D eigenvalue weighted by molar-refractivity contribution is 0.590. The highest BCUT2D eigenvalue weighted by molar-refractivity contribution is 6.89.